The molecular formula is C18H12N6O9S. The molecule has 0 aliphatic carbocycles. The second kappa shape index (κ2) is 9.35. The fourth-order valence-corrected chi connectivity index (χ4v) is 3.23. The van der Waals surface area contributed by atoms with Crippen LogP contribution in [0.4, 0.5) is 22.7 Å². The molecule has 0 aromatic heterocycles. The molecule has 3 aromatic carbocycles. The maximum Gasteiger partial charge on any atom is 0.296 e. The molecule has 3 rings (SSSR count). The highest BCUT2D eigenvalue weighted by Crippen LogP contribution is 2.26. The minimum atomic E-state index is -4.89. The molecule has 0 bridgehead atoms. The van der Waals surface area contributed by atoms with Gasteiger partial charge in [0.2, 0.25) is 10.9 Å². The molecule has 0 radical (unpaired) electrons. The maximum atomic E-state index is 12.6. The third kappa shape index (κ3) is 5.31. The summed E-state index contributed by atoms with van der Waals surface area (Å²) in [5.41, 5.74) is 1.99. The van der Waals surface area contributed by atoms with Crippen molar-refractivity contribution in [2.45, 2.75) is 4.90 Å². The summed E-state index contributed by atoms with van der Waals surface area (Å²) in [5, 5.41) is 28.0. The molecule has 16 heteroatoms. The quantitative estimate of drug-likeness (QED) is 0.231. The van der Waals surface area contributed by atoms with Crippen LogP contribution in [0.5, 0.6) is 0 Å². The lowest BCUT2D eigenvalue weighted by molar-refractivity contribution is -0.385. The van der Waals surface area contributed by atoms with E-state index >= 15 is 0 Å². The van der Waals surface area contributed by atoms with Crippen LogP contribution in [0.25, 0.3) is 0 Å². The number of benzene rings is 3. The topological polar surface area (TPSA) is 224 Å². The highest BCUT2D eigenvalue weighted by Gasteiger charge is 2.20. The van der Waals surface area contributed by atoms with Crippen molar-refractivity contribution in [1.29, 1.82) is 0 Å². The van der Waals surface area contributed by atoms with Gasteiger partial charge in [-0.2, -0.15) is 18.6 Å². The molecule has 0 saturated heterocycles. The zero-order valence-corrected chi connectivity index (χ0v) is 17.4. The molecule has 15 nitrogen and oxygen atoms in total. The zero-order valence-electron chi connectivity index (χ0n) is 16.6. The van der Waals surface area contributed by atoms with Crippen LogP contribution in [-0.2, 0) is 10.1 Å². The van der Waals surface area contributed by atoms with Gasteiger partial charge in [0.1, 0.15) is 10.3 Å². The number of non-ortho nitro benzene ring substituents is 2. The van der Waals surface area contributed by atoms with Gasteiger partial charge in [-0.3, -0.25) is 45.2 Å². The van der Waals surface area contributed by atoms with Crippen molar-refractivity contribution in [1.82, 2.24) is 0 Å². The fourth-order valence-electron chi connectivity index (χ4n) is 2.57. The second-order valence-electron chi connectivity index (χ2n) is 6.42. The molecule has 0 spiro atoms. The third-order valence-electron chi connectivity index (χ3n) is 4.20. The minimum Gasteiger partial charge on any atom is -0.287 e. The average Bonchev–Trinajstić information content (AvgIpc) is 2.78. The van der Waals surface area contributed by atoms with Gasteiger partial charge in [0, 0.05) is 24.3 Å². The number of nitro groups is 2. The summed E-state index contributed by atoms with van der Waals surface area (Å²) >= 11 is 0. The first-order valence-electron chi connectivity index (χ1n) is 8.92. The summed E-state index contributed by atoms with van der Waals surface area (Å²) in [6.07, 6.45) is 0. The van der Waals surface area contributed by atoms with E-state index < -0.39 is 46.8 Å². The van der Waals surface area contributed by atoms with Crippen molar-refractivity contribution in [2.75, 3.05) is 10.9 Å². The molecule has 3 aromatic rings. The van der Waals surface area contributed by atoms with Crippen molar-refractivity contribution in [3.05, 3.63) is 106 Å². The van der Waals surface area contributed by atoms with E-state index in [-0.39, 0.29) is 22.4 Å². The Labute approximate surface area is 188 Å². The second-order valence-corrected chi connectivity index (χ2v) is 7.81. The predicted octanol–water partition coefficient (Wildman–Crippen LogP) is 0.201. The standard InChI is InChI=1S/C18H12N6O9S/c25-15-8-7-14(18(26)17(15)22-19-10-1-3-11(4-2-10)23(27)28)21-20-13-6-5-12(24(29)30)9-16(13)34(31,32)33/h1-9,19-20H,(H,31,32,33)/b21-14+,22-17+. The van der Waals surface area contributed by atoms with Gasteiger partial charge >= 0.3 is 0 Å². The molecule has 34 heavy (non-hydrogen) atoms. The van der Waals surface area contributed by atoms with Gasteiger partial charge in [-0.25, -0.2) is 0 Å². The normalized spacial score (nSPS) is 12.4. The lowest BCUT2D eigenvalue weighted by Gasteiger charge is -2.05. The van der Waals surface area contributed by atoms with Crippen LogP contribution in [0.1, 0.15) is 0 Å². The molecule has 3 N–H and O–H groups in total. The van der Waals surface area contributed by atoms with Crippen LogP contribution < -0.4 is 32.4 Å². The Balaban J connectivity index is 1.99. The fraction of sp³-hybridized carbons (Fsp3) is 0. The van der Waals surface area contributed by atoms with E-state index in [0.29, 0.717) is 6.07 Å². The lowest BCUT2D eigenvalue weighted by atomic mass is 10.3. The molecule has 0 heterocycles. The predicted molar refractivity (Wildman–Crippen MR) is 116 cm³/mol. The first-order chi connectivity index (χ1) is 16.0. The van der Waals surface area contributed by atoms with Crippen LogP contribution in [-0.4, -0.2) is 22.8 Å². The van der Waals surface area contributed by atoms with Gasteiger partial charge in [0.25, 0.3) is 21.5 Å². The SMILES string of the molecule is O=c1cc/c(=N\Nc2ccc([N+](=O)[O-])cc2S(=O)(=O)O)c(=O)/c1=N/Nc1ccc([N+](=O)[O-])cc1. The van der Waals surface area contributed by atoms with E-state index in [1.165, 1.54) is 24.3 Å². The summed E-state index contributed by atoms with van der Waals surface area (Å²) < 4.78 is 32.5. The Morgan fingerprint density at radius 3 is 2.03 bits per heavy atom. The van der Waals surface area contributed by atoms with E-state index in [9.17, 15) is 42.8 Å². The number of nitro benzene ring substituents is 2. The van der Waals surface area contributed by atoms with Crippen molar-refractivity contribution >= 4 is 32.9 Å². The monoisotopic (exact) mass is 488 g/mol. The molecular weight excluding hydrogens is 476 g/mol. The highest BCUT2D eigenvalue weighted by molar-refractivity contribution is 7.86. The Hall–Kier alpha value is -4.83. The van der Waals surface area contributed by atoms with Crippen molar-refractivity contribution in [3.63, 3.8) is 0 Å². The molecule has 0 unspecified atom stereocenters. The number of anilines is 2. The van der Waals surface area contributed by atoms with Crippen LogP contribution in [0.15, 0.2) is 79.3 Å². The molecule has 0 fully saturated rings. The third-order valence-corrected chi connectivity index (χ3v) is 5.09. The Bertz CT molecular complexity index is 1630. The Morgan fingerprint density at radius 1 is 0.824 bits per heavy atom. The largest absolute Gasteiger partial charge is 0.296 e. The molecule has 0 saturated carbocycles. The number of nitrogens with zero attached hydrogens (tertiary/aromatic N) is 4. The van der Waals surface area contributed by atoms with E-state index in [4.69, 9.17) is 0 Å². The first-order valence-corrected chi connectivity index (χ1v) is 10.4. The summed E-state index contributed by atoms with van der Waals surface area (Å²) in [5.74, 6) is 0. The first kappa shape index (κ1) is 23.8. The summed E-state index contributed by atoms with van der Waals surface area (Å²) in [7, 11) is -4.89. The Kier molecular flexibility index (Phi) is 6.55. The summed E-state index contributed by atoms with van der Waals surface area (Å²) in [6.45, 7) is 0. The number of nitrogens with one attached hydrogen (secondary N) is 2. The minimum absolute atomic E-state index is 0.179. The molecule has 0 aliphatic heterocycles. The lowest BCUT2D eigenvalue weighted by Crippen LogP contribution is -2.48. The smallest absolute Gasteiger partial charge is 0.287 e. The van der Waals surface area contributed by atoms with Crippen molar-refractivity contribution in [3.8, 4) is 0 Å². The number of hydrogen-bond donors (Lipinski definition) is 3. The van der Waals surface area contributed by atoms with Crippen LogP contribution in [0.3, 0.4) is 0 Å². The van der Waals surface area contributed by atoms with Crippen LogP contribution in [0.2, 0.25) is 0 Å². The van der Waals surface area contributed by atoms with E-state index in [1.54, 1.807) is 0 Å². The maximum absolute atomic E-state index is 12.6. The van der Waals surface area contributed by atoms with Gasteiger partial charge in [0.15, 0.2) is 5.36 Å². The van der Waals surface area contributed by atoms with E-state index in [2.05, 4.69) is 21.1 Å². The van der Waals surface area contributed by atoms with Gasteiger partial charge in [-0.1, -0.05) is 0 Å². The molecule has 0 amide bonds. The van der Waals surface area contributed by atoms with Gasteiger partial charge in [-0.15, -0.1) is 0 Å². The van der Waals surface area contributed by atoms with Crippen molar-refractivity contribution < 1.29 is 22.8 Å². The summed E-state index contributed by atoms with van der Waals surface area (Å²) in [4.78, 5) is 43.9. The van der Waals surface area contributed by atoms with E-state index in [0.717, 1.165) is 24.3 Å². The number of hydrogen-bond acceptors (Lipinski definition) is 12. The molecule has 0 aliphatic rings. The van der Waals surface area contributed by atoms with Crippen LogP contribution >= 0.6 is 0 Å². The van der Waals surface area contributed by atoms with Gasteiger partial charge in [-0.05, 0) is 30.3 Å². The molecule has 174 valence electrons. The van der Waals surface area contributed by atoms with Gasteiger partial charge < -0.3 is 0 Å². The van der Waals surface area contributed by atoms with Gasteiger partial charge in [0.05, 0.1) is 21.2 Å². The zero-order chi connectivity index (χ0) is 25.0. The van der Waals surface area contributed by atoms with Crippen molar-refractivity contribution in [2.24, 2.45) is 10.2 Å². The average molecular weight is 488 g/mol. The van der Waals surface area contributed by atoms with Crippen LogP contribution in [0, 0.1) is 20.2 Å². The number of rotatable bonds is 7. The summed E-state index contributed by atoms with van der Waals surface area (Å²) in [6, 6.07) is 9.47. The van der Waals surface area contributed by atoms with E-state index in [1.807, 2.05) is 0 Å². The molecule has 0 atom stereocenters. The Morgan fingerprint density at radius 2 is 1.44 bits per heavy atom. The highest BCUT2D eigenvalue weighted by atomic mass is 32.2.